The fourth-order valence-corrected chi connectivity index (χ4v) is 3.17. The maximum absolute atomic E-state index is 12.5. The van der Waals surface area contributed by atoms with E-state index in [1.807, 2.05) is 56.3 Å². The molecule has 1 unspecified atom stereocenters. The van der Waals surface area contributed by atoms with Crippen molar-refractivity contribution in [2.45, 2.75) is 36.1 Å². The van der Waals surface area contributed by atoms with Crippen LogP contribution in [-0.2, 0) is 4.79 Å². The number of para-hydroxylation sites is 1. The van der Waals surface area contributed by atoms with E-state index in [-0.39, 0.29) is 11.8 Å². The maximum atomic E-state index is 12.5. The molecule has 0 bridgehead atoms. The monoisotopic (exact) mass is 340 g/mol. The van der Waals surface area contributed by atoms with Crippen LogP contribution in [0, 0.1) is 0 Å². The molecule has 1 heterocycles. The van der Waals surface area contributed by atoms with E-state index in [2.05, 4.69) is 32.7 Å². The van der Waals surface area contributed by atoms with Gasteiger partial charge in [0, 0.05) is 11.6 Å². The number of nitrogens with one attached hydrogen (secondary N) is 2. The smallest absolute Gasteiger partial charge is 0.240 e. The molecule has 0 saturated carbocycles. The van der Waals surface area contributed by atoms with Gasteiger partial charge in [0.05, 0.1) is 4.75 Å². The first-order valence-corrected chi connectivity index (χ1v) is 8.67. The lowest BCUT2D eigenvalue weighted by molar-refractivity contribution is -0.117. The molecule has 6 heteroatoms. The highest BCUT2D eigenvalue weighted by Gasteiger charge is 2.31. The number of thioether (sulfide) groups is 1. The number of rotatable bonds is 5. The number of carbonyl (C=O) groups is 1. The predicted octanol–water partition coefficient (Wildman–Crippen LogP) is 3.91. The number of anilines is 1. The van der Waals surface area contributed by atoms with Crippen LogP contribution in [0.2, 0.25) is 0 Å². The molecule has 1 aliphatic rings. The van der Waals surface area contributed by atoms with Crippen molar-refractivity contribution in [1.29, 1.82) is 0 Å². The van der Waals surface area contributed by atoms with Crippen molar-refractivity contribution >= 4 is 23.4 Å². The third kappa shape index (κ3) is 3.94. The minimum atomic E-state index is -0.683. The van der Waals surface area contributed by atoms with Gasteiger partial charge in [-0.15, -0.1) is 5.10 Å². The molecule has 2 aromatic rings. The number of amides is 1. The second kappa shape index (κ2) is 7.05. The average molecular weight is 340 g/mol. The quantitative estimate of drug-likeness (QED) is 0.810. The van der Waals surface area contributed by atoms with E-state index in [9.17, 15) is 4.79 Å². The maximum Gasteiger partial charge on any atom is 0.240 e. The van der Waals surface area contributed by atoms with E-state index in [1.165, 1.54) is 11.8 Å². The summed E-state index contributed by atoms with van der Waals surface area (Å²) in [4.78, 5) is 17.1. The van der Waals surface area contributed by atoms with E-state index in [0.717, 1.165) is 17.9 Å². The highest BCUT2D eigenvalue weighted by Crippen LogP contribution is 2.32. The van der Waals surface area contributed by atoms with Crippen molar-refractivity contribution in [1.82, 2.24) is 15.2 Å². The van der Waals surface area contributed by atoms with Crippen LogP contribution in [0.4, 0.5) is 5.69 Å². The second-order valence-corrected chi connectivity index (χ2v) is 7.68. The van der Waals surface area contributed by atoms with Gasteiger partial charge in [-0.05, 0) is 32.4 Å². The zero-order valence-electron chi connectivity index (χ0n) is 13.7. The summed E-state index contributed by atoms with van der Waals surface area (Å²) in [6.07, 6.45) is 9.16. The molecular formula is C18H20N4OS. The second-order valence-electron chi connectivity index (χ2n) is 6.09. The van der Waals surface area contributed by atoms with Gasteiger partial charge in [0.2, 0.25) is 11.1 Å². The number of benzene rings is 1. The zero-order valence-corrected chi connectivity index (χ0v) is 14.5. The molecule has 0 saturated heterocycles. The molecule has 2 N–H and O–H groups in total. The molecule has 1 aromatic carbocycles. The van der Waals surface area contributed by atoms with Crippen LogP contribution in [0.5, 0.6) is 0 Å². The first-order valence-electron chi connectivity index (χ1n) is 7.86. The largest absolute Gasteiger partial charge is 0.325 e. The summed E-state index contributed by atoms with van der Waals surface area (Å²) in [5, 5.41) is 10.8. The number of nitrogens with zero attached hydrogens (tertiary/aromatic N) is 2. The zero-order chi connectivity index (χ0) is 17.0. The van der Waals surface area contributed by atoms with Gasteiger partial charge in [0.25, 0.3) is 0 Å². The summed E-state index contributed by atoms with van der Waals surface area (Å²) in [6, 6.07) is 9.44. The average Bonchev–Trinajstić information content (AvgIpc) is 3.04. The molecular weight excluding hydrogens is 320 g/mol. The summed E-state index contributed by atoms with van der Waals surface area (Å²) < 4.78 is -0.683. The summed E-state index contributed by atoms with van der Waals surface area (Å²) in [7, 11) is 0. The van der Waals surface area contributed by atoms with E-state index < -0.39 is 4.75 Å². The van der Waals surface area contributed by atoms with Crippen molar-refractivity contribution in [2.75, 3.05) is 5.32 Å². The fraction of sp³-hybridized carbons (Fsp3) is 0.278. The van der Waals surface area contributed by atoms with Crippen LogP contribution in [0.3, 0.4) is 0 Å². The molecule has 3 rings (SSSR count). The van der Waals surface area contributed by atoms with Gasteiger partial charge >= 0.3 is 0 Å². The summed E-state index contributed by atoms with van der Waals surface area (Å²) in [5.41, 5.74) is 0.783. The molecule has 24 heavy (non-hydrogen) atoms. The number of hydrogen-bond donors (Lipinski definition) is 2. The molecule has 1 atom stereocenters. The van der Waals surface area contributed by atoms with Gasteiger partial charge in [-0.1, -0.05) is 54.3 Å². The van der Waals surface area contributed by atoms with E-state index in [0.29, 0.717) is 5.16 Å². The Morgan fingerprint density at radius 3 is 2.79 bits per heavy atom. The first-order chi connectivity index (χ1) is 11.5. The number of allylic oxidation sites excluding steroid dienone is 4. The summed E-state index contributed by atoms with van der Waals surface area (Å²) in [5.74, 6) is 0.973. The highest BCUT2D eigenvalue weighted by atomic mass is 32.2. The van der Waals surface area contributed by atoms with Gasteiger partial charge in [-0.25, -0.2) is 4.98 Å². The highest BCUT2D eigenvalue weighted by molar-refractivity contribution is 8.01. The molecule has 1 aromatic heterocycles. The van der Waals surface area contributed by atoms with Crippen molar-refractivity contribution in [3.63, 3.8) is 0 Å². The third-order valence-electron chi connectivity index (χ3n) is 3.74. The van der Waals surface area contributed by atoms with Crippen molar-refractivity contribution in [2.24, 2.45) is 0 Å². The van der Waals surface area contributed by atoms with Crippen molar-refractivity contribution in [3.05, 3.63) is 60.5 Å². The lowest BCUT2D eigenvalue weighted by Crippen LogP contribution is -2.34. The summed E-state index contributed by atoms with van der Waals surface area (Å²) >= 11 is 1.35. The van der Waals surface area contributed by atoms with Crippen LogP contribution in [-0.4, -0.2) is 25.8 Å². The van der Waals surface area contributed by atoms with Crippen LogP contribution in [0.25, 0.3) is 0 Å². The molecule has 0 aliphatic heterocycles. The number of aromatic amines is 1. The molecule has 5 nitrogen and oxygen atoms in total. The number of carbonyl (C=O) groups excluding carboxylic acids is 1. The number of hydrogen-bond acceptors (Lipinski definition) is 4. The molecule has 1 amide bonds. The first kappa shape index (κ1) is 16.5. The lowest BCUT2D eigenvalue weighted by Gasteiger charge is -2.21. The SMILES string of the molecule is CC(C)(Sc1n[nH]c(C2C=CC=CC2)n1)C(=O)Nc1ccccc1. The minimum Gasteiger partial charge on any atom is -0.325 e. The lowest BCUT2D eigenvalue weighted by atomic mass is 10.0. The minimum absolute atomic E-state index is 0.0782. The molecule has 0 fully saturated rings. The standard InChI is InChI=1S/C18H20N4OS/c1-18(2,16(23)19-14-11-7-4-8-12-14)24-17-20-15(21-22-17)13-9-5-3-6-10-13/h3-9,11-13H,10H2,1-2H3,(H,19,23)(H,20,21,22). The molecule has 0 spiro atoms. The van der Waals surface area contributed by atoms with Crippen LogP contribution < -0.4 is 5.32 Å². The van der Waals surface area contributed by atoms with Crippen LogP contribution in [0.15, 0.2) is 59.8 Å². The Kier molecular flexibility index (Phi) is 4.85. The van der Waals surface area contributed by atoms with E-state index in [1.54, 1.807) is 0 Å². The third-order valence-corrected chi connectivity index (χ3v) is 4.80. The topological polar surface area (TPSA) is 70.7 Å². The van der Waals surface area contributed by atoms with Gasteiger partial charge < -0.3 is 5.32 Å². The van der Waals surface area contributed by atoms with Gasteiger partial charge in [-0.2, -0.15) is 0 Å². The summed E-state index contributed by atoms with van der Waals surface area (Å²) in [6.45, 7) is 3.74. The normalized spacial score (nSPS) is 17.0. The number of H-pyrrole nitrogens is 1. The fourth-order valence-electron chi connectivity index (χ4n) is 2.33. The Morgan fingerprint density at radius 2 is 2.08 bits per heavy atom. The Labute approximate surface area is 145 Å². The molecule has 0 radical (unpaired) electrons. The van der Waals surface area contributed by atoms with Gasteiger partial charge in [0.15, 0.2) is 0 Å². The Morgan fingerprint density at radius 1 is 1.29 bits per heavy atom. The van der Waals surface area contributed by atoms with Gasteiger partial charge in [0.1, 0.15) is 5.82 Å². The van der Waals surface area contributed by atoms with E-state index in [4.69, 9.17) is 0 Å². The number of aromatic nitrogens is 3. The Hall–Kier alpha value is -2.34. The van der Waals surface area contributed by atoms with Crippen molar-refractivity contribution in [3.8, 4) is 0 Å². The Balaban J connectivity index is 1.65. The van der Waals surface area contributed by atoms with Crippen molar-refractivity contribution < 1.29 is 4.79 Å². The van der Waals surface area contributed by atoms with Crippen LogP contribution in [0.1, 0.15) is 32.0 Å². The van der Waals surface area contributed by atoms with Gasteiger partial charge in [-0.3, -0.25) is 9.89 Å². The molecule has 1 aliphatic carbocycles. The predicted molar refractivity (Wildman–Crippen MR) is 97.0 cm³/mol. The molecule has 124 valence electrons. The van der Waals surface area contributed by atoms with E-state index >= 15 is 0 Å². The Bertz CT molecular complexity index is 764. The van der Waals surface area contributed by atoms with Crippen LogP contribution >= 0.6 is 11.8 Å².